The minimum absolute atomic E-state index is 0.0437. The van der Waals surface area contributed by atoms with Crippen LogP contribution in [0.25, 0.3) is 0 Å². The van der Waals surface area contributed by atoms with Crippen LogP contribution in [0.15, 0.2) is 36.4 Å². The largest absolute Gasteiger partial charge is 0.380 e. The summed E-state index contributed by atoms with van der Waals surface area (Å²) in [6.45, 7) is 3.31. The standard InChI is InChI=1S/C30H32FN5O5/c31-22-15-18(17-34-13-10-20(11-14-34)35-12-2-5-26(35)38)6-7-19(22)16-32-23-4-1-3-21-27(23)30(41)36(29(21)40)24-8-9-25(37)33-28(24)39/h1,3-4,6-7,15,20,24,32H,2,5,8-14,16-17H2,(H,33,37,39). The van der Waals surface area contributed by atoms with Crippen molar-refractivity contribution >= 4 is 35.2 Å². The molecule has 2 N–H and O–H groups in total. The van der Waals surface area contributed by atoms with Gasteiger partial charge in [-0.15, -0.1) is 0 Å². The van der Waals surface area contributed by atoms with Gasteiger partial charge in [-0.1, -0.05) is 18.2 Å². The summed E-state index contributed by atoms with van der Waals surface area (Å²) in [4.78, 5) is 67.5. The summed E-state index contributed by atoms with van der Waals surface area (Å²) in [5.41, 5.74) is 1.95. The summed E-state index contributed by atoms with van der Waals surface area (Å²) in [6, 6.07) is 9.20. The second-order valence-electron chi connectivity index (χ2n) is 11.2. The maximum Gasteiger partial charge on any atom is 0.264 e. The number of amides is 5. The Morgan fingerprint density at radius 3 is 2.44 bits per heavy atom. The molecule has 5 amide bonds. The van der Waals surface area contributed by atoms with Crippen molar-refractivity contribution < 1.29 is 28.4 Å². The van der Waals surface area contributed by atoms with Crippen molar-refractivity contribution in [3.63, 3.8) is 0 Å². The first-order valence-corrected chi connectivity index (χ1v) is 14.2. The van der Waals surface area contributed by atoms with E-state index in [0.29, 0.717) is 30.3 Å². The van der Waals surface area contributed by atoms with Gasteiger partial charge in [-0.25, -0.2) is 4.39 Å². The maximum absolute atomic E-state index is 15.1. The van der Waals surface area contributed by atoms with Gasteiger partial charge in [0.05, 0.1) is 11.1 Å². The zero-order chi connectivity index (χ0) is 28.7. The number of hydrogen-bond acceptors (Lipinski definition) is 7. The fraction of sp³-hybridized carbons (Fsp3) is 0.433. The lowest BCUT2D eigenvalue weighted by Gasteiger charge is -2.36. The summed E-state index contributed by atoms with van der Waals surface area (Å²) in [5.74, 6) is -2.41. The van der Waals surface area contributed by atoms with Gasteiger partial charge < -0.3 is 10.2 Å². The van der Waals surface area contributed by atoms with Crippen molar-refractivity contribution in [2.75, 3.05) is 25.0 Å². The van der Waals surface area contributed by atoms with Crippen LogP contribution in [0.3, 0.4) is 0 Å². The first-order valence-electron chi connectivity index (χ1n) is 14.2. The molecular formula is C30H32FN5O5. The normalized spacial score (nSPS) is 22.0. The summed E-state index contributed by atoms with van der Waals surface area (Å²) in [7, 11) is 0. The van der Waals surface area contributed by atoms with Crippen molar-refractivity contribution in [3.05, 3.63) is 64.5 Å². The molecule has 2 aromatic rings. The number of fused-ring (bicyclic) bond motifs is 1. The fourth-order valence-corrected chi connectivity index (χ4v) is 6.39. The fourth-order valence-electron chi connectivity index (χ4n) is 6.39. The number of nitrogens with one attached hydrogen (secondary N) is 2. The predicted molar refractivity (Wildman–Crippen MR) is 146 cm³/mol. The third-order valence-electron chi connectivity index (χ3n) is 8.57. The van der Waals surface area contributed by atoms with E-state index in [4.69, 9.17) is 0 Å². The van der Waals surface area contributed by atoms with Gasteiger partial charge in [-0.3, -0.25) is 39.1 Å². The highest BCUT2D eigenvalue weighted by atomic mass is 19.1. The number of hydrogen-bond donors (Lipinski definition) is 2. The number of piperidine rings is 2. The number of rotatable bonds is 7. The van der Waals surface area contributed by atoms with Crippen LogP contribution in [-0.2, 0) is 27.5 Å². The van der Waals surface area contributed by atoms with Crippen LogP contribution >= 0.6 is 0 Å². The molecule has 4 heterocycles. The molecule has 3 saturated heterocycles. The molecule has 6 rings (SSSR count). The highest BCUT2D eigenvalue weighted by molar-refractivity contribution is 6.25. The minimum atomic E-state index is -1.05. The lowest BCUT2D eigenvalue weighted by atomic mass is 10.0. The topological polar surface area (TPSA) is 119 Å². The number of carbonyl (C=O) groups excluding carboxylic acids is 5. The summed E-state index contributed by atoms with van der Waals surface area (Å²) < 4.78 is 15.1. The number of benzene rings is 2. The van der Waals surface area contributed by atoms with E-state index >= 15 is 4.39 Å². The van der Waals surface area contributed by atoms with E-state index in [1.54, 1.807) is 18.2 Å². The van der Waals surface area contributed by atoms with Crippen LogP contribution in [0.5, 0.6) is 0 Å². The van der Waals surface area contributed by atoms with Crippen LogP contribution in [0.2, 0.25) is 0 Å². The molecule has 0 spiro atoms. The molecule has 1 unspecified atom stereocenters. The Hall–Kier alpha value is -4.12. The average Bonchev–Trinajstić information content (AvgIpc) is 3.49. The van der Waals surface area contributed by atoms with Crippen molar-refractivity contribution in [2.45, 2.75) is 63.7 Å². The predicted octanol–water partition coefficient (Wildman–Crippen LogP) is 2.43. The third kappa shape index (κ3) is 5.21. The minimum Gasteiger partial charge on any atom is -0.380 e. The lowest BCUT2D eigenvalue weighted by molar-refractivity contribution is -0.136. The van der Waals surface area contributed by atoms with Crippen LogP contribution in [0, 0.1) is 5.82 Å². The van der Waals surface area contributed by atoms with Crippen molar-refractivity contribution in [1.29, 1.82) is 0 Å². The smallest absolute Gasteiger partial charge is 0.264 e. The Balaban J connectivity index is 1.08. The van der Waals surface area contributed by atoms with E-state index in [1.165, 1.54) is 12.1 Å². The Labute approximate surface area is 236 Å². The molecule has 0 radical (unpaired) electrons. The number of nitrogens with zero attached hydrogens (tertiary/aromatic N) is 3. The van der Waals surface area contributed by atoms with Crippen LogP contribution in [0.1, 0.15) is 70.4 Å². The van der Waals surface area contributed by atoms with E-state index in [0.717, 1.165) is 49.4 Å². The zero-order valence-corrected chi connectivity index (χ0v) is 22.7. The maximum atomic E-state index is 15.1. The zero-order valence-electron chi connectivity index (χ0n) is 22.7. The first-order chi connectivity index (χ1) is 19.8. The van der Waals surface area contributed by atoms with E-state index in [2.05, 4.69) is 15.5 Å². The van der Waals surface area contributed by atoms with Gasteiger partial charge in [0.1, 0.15) is 11.9 Å². The van der Waals surface area contributed by atoms with Gasteiger partial charge in [-0.2, -0.15) is 0 Å². The average molecular weight is 562 g/mol. The first kappa shape index (κ1) is 27.1. The Morgan fingerprint density at radius 1 is 0.927 bits per heavy atom. The molecule has 3 fully saturated rings. The molecule has 4 aliphatic heterocycles. The monoisotopic (exact) mass is 561 g/mol. The molecule has 0 aliphatic carbocycles. The molecule has 0 bridgehead atoms. The molecule has 214 valence electrons. The molecule has 41 heavy (non-hydrogen) atoms. The molecule has 1 atom stereocenters. The van der Waals surface area contributed by atoms with Crippen molar-refractivity contribution in [1.82, 2.24) is 20.0 Å². The van der Waals surface area contributed by atoms with Gasteiger partial charge in [-0.05, 0) is 49.4 Å². The highest BCUT2D eigenvalue weighted by Crippen LogP contribution is 2.33. The van der Waals surface area contributed by atoms with E-state index in [9.17, 15) is 24.0 Å². The SMILES string of the molecule is O=C1CCC(N2C(=O)c3cccc(NCc4ccc(CN5CCC(N6CCCC6=O)CC5)cc4F)c3C2=O)C(=O)N1. The quantitative estimate of drug-likeness (QED) is 0.499. The van der Waals surface area contributed by atoms with E-state index < -0.39 is 29.7 Å². The second kappa shape index (κ2) is 11.0. The highest BCUT2D eigenvalue weighted by Gasteiger charge is 2.45. The summed E-state index contributed by atoms with van der Waals surface area (Å²) in [6.07, 6.45) is 3.58. The van der Waals surface area contributed by atoms with Crippen molar-refractivity contribution in [3.8, 4) is 0 Å². The van der Waals surface area contributed by atoms with E-state index in [1.807, 2.05) is 11.0 Å². The molecule has 4 aliphatic rings. The Bertz CT molecular complexity index is 1440. The van der Waals surface area contributed by atoms with Crippen LogP contribution in [0.4, 0.5) is 10.1 Å². The van der Waals surface area contributed by atoms with Crippen LogP contribution in [-0.4, -0.2) is 76.0 Å². The number of imide groups is 2. The Morgan fingerprint density at radius 2 is 1.73 bits per heavy atom. The van der Waals surface area contributed by atoms with Gasteiger partial charge in [0.2, 0.25) is 17.7 Å². The van der Waals surface area contributed by atoms with Gasteiger partial charge in [0.15, 0.2) is 0 Å². The summed E-state index contributed by atoms with van der Waals surface area (Å²) >= 11 is 0. The summed E-state index contributed by atoms with van der Waals surface area (Å²) in [5, 5.41) is 5.28. The molecule has 11 heteroatoms. The second-order valence-corrected chi connectivity index (χ2v) is 11.2. The number of carbonyl (C=O) groups is 5. The number of halogens is 1. The van der Waals surface area contributed by atoms with Gasteiger partial charge in [0, 0.05) is 62.9 Å². The lowest BCUT2D eigenvalue weighted by Crippen LogP contribution is -2.54. The van der Waals surface area contributed by atoms with Gasteiger partial charge >= 0.3 is 0 Å². The molecule has 0 saturated carbocycles. The molecular weight excluding hydrogens is 529 g/mol. The van der Waals surface area contributed by atoms with Crippen LogP contribution < -0.4 is 10.6 Å². The Kier molecular flexibility index (Phi) is 7.29. The number of anilines is 1. The van der Waals surface area contributed by atoms with E-state index in [-0.39, 0.29) is 42.2 Å². The van der Waals surface area contributed by atoms with Crippen molar-refractivity contribution in [2.24, 2.45) is 0 Å². The van der Waals surface area contributed by atoms with Gasteiger partial charge in [0.25, 0.3) is 11.8 Å². The third-order valence-corrected chi connectivity index (χ3v) is 8.57. The number of likely N-dealkylation sites (tertiary alicyclic amines) is 2. The molecule has 0 aromatic heterocycles. The molecule has 2 aromatic carbocycles. The molecule has 10 nitrogen and oxygen atoms in total.